The van der Waals surface area contributed by atoms with Crippen molar-refractivity contribution in [3.05, 3.63) is 59.7 Å². The number of nitrogens with zero attached hydrogens (tertiary/aromatic N) is 5. The van der Waals surface area contributed by atoms with Crippen molar-refractivity contribution in [2.24, 2.45) is 0 Å². The summed E-state index contributed by atoms with van der Waals surface area (Å²) in [4.78, 5) is 9.07. The van der Waals surface area contributed by atoms with E-state index in [1.807, 2.05) is 30.7 Å². The molecular weight excluding hydrogens is 358 g/mol. The molecule has 4 rings (SSSR count). The van der Waals surface area contributed by atoms with E-state index in [4.69, 9.17) is 4.98 Å². The summed E-state index contributed by atoms with van der Waals surface area (Å²) in [6.07, 6.45) is 14.0. The molecule has 5 heteroatoms. The number of unbranched alkanes of at least 4 members (excludes halogenated alkanes) is 5. The minimum Gasteiger partial charge on any atom is -0.291 e. The number of hydrogen-bond donors (Lipinski definition) is 0. The highest BCUT2D eigenvalue weighted by molar-refractivity contribution is 5.85. The molecule has 0 bridgehead atoms. The zero-order valence-electron chi connectivity index (χ0n) is 17.2. The van der Waals surface area contributed by atoms with Gasteiger partial charge in [0.25, 0.3) is 0 Å². The van der Waals surface area contributed by atoms with Crippen LogP contribution in [0.3, 0.4) is 0 Å². The van der Waals surface area contributed by atoms with E-state index in [0.717, 1.165) is 40.9 Å². The third-order valence-corrected chi connectivity index (χ3v) is 5.73. The van der Waals surface area contributed by atoms with Crippen molar-refractivity contribution < 1.29 is 0 Å². The van der Waals surface area contributed by atoms with E-state index in [0.29, 0.717) is 5.56 Å². The first-order chi connectivity index (χ1) is 14.3. The summed E-state index contributed by atoms with van der Waals surface area (Å²) < 4.78 is 4.19. The van der Waals surface area contributed by atoms with Crippen molar-refractivity contribution >= 4 is 16.7 Å². The van der Waals surface area contributed by atoms with Gasteiger partial charge < -0.3 is 0 Å². The van der Waals surface area contributed by atoms with Crippen molar-refractivity contribution in [2.75, 3.05) is 0 Å². The van der Waals surface area contributed by atoms with Gasteiger partial charge in [-0.1, -0.05) is 51.2 Å². The van der Waals surface area contributed by atoms with E-state index in [2.05, 4.69) is 39.9 Å². The van der Waals surface area contributed by atoms with Gasteiger partial charge in [-0.3, -0.25) is 8.97 Å². The second-order valence-corrected chi connectivity index (χ2v) is 7.66. The van der Waals surface area contributed by atoms with Gasteiger partial charge in [0.15, 0.2) is 5.65 Å². The Hall–Kier alpha value is -3.13. The van der Waals surface area contributed by atoms with Gasteiger partial charge in [-0.05, 0) is 43.0 Å². The van der Waals surface area contributed by atoms with E-state index in [-0.39, 0.29) is 0 Å². The van der Waals surface area contributed by atoms with Gasteiger partial charge in [0.05, 0.1) is 16.6 Å². The lowest BCUT2D eigenvalue weighted by atomic mass is 9.98. The van der Waals surface area contributed by atoms with Crippen LogP contribution < -0.4 is 0 Å². The number of benzene rings is 1. The van der Waals surface area contributed by atoms with Crippen LogP contribution in [-0.2, 0) is 6.42 Å². The molecule has 0 radical (unpaired) electrons. The van der Waals surface area contributed by atoms with Crippen molar-refractivity contribution in [2.45, 2.75) is 58.8 Å². The average molecular weight is 386 g/mol. The predicted molar refractivity (Wildman–Crippen MR) is 116 cm³/mol. The standard InChI is InChI=1S/C24H27N5/c1-3-4-5-6-7-8-11-19-18(2)20(16-25)23-27-21-12-9-10-13-22(21)29(23)24(19)28-15-14-26-17-28/h9-10,12-15,17H,3-8,11H2,1-2H3. The Labute approximate surface area is 171 Å². The molecule has 5 nitrogen and oxygen atoms in total. The Morgan fingerprint density at radius 2 is 1.86 bits per heavy atom. The van der Waals surface area contributed by atoms with Crippen molar-refractivity contribution in [1.82, 2.24) is 18.9 Å². The number of fused-ring (bicyclic) bond motifs is 3. The maximum absolute atomic E-state index is 9.93. The number of hydrogen-bond acceptors (Lipinski definition) is 3. The Morgan fingerprint density at radius 1 is 1.07 bits per heavy atom. The molecule has 0 fully saturated rings. The smallest absolute Gasteiger partial charge is 0.157 e. The number of imidazole rings is 2. The number of para-hydroxylation sites is 2. The van der Waals surface area contributed by atoms with E-state index < -0.39 is 0 Å². The van der Waals surface area contributed by atoms with Crippen LogP contribution in [0.5, 0.6) is 0 Å². The SMILES string of the molecule is CCCCCCCCc1c(C)c(C#N)c2nc3ccccc3n2c1-n1ccnc1. The van der Waals surface area contributed by atoms with Crippen molar-refractivity contribution in [1.29, 1.82) is 5.26 Å². The third-order valence-electron chi connectivity index (χ3n) is 5.73. The molecule has 0 N–H and O–H groups in total. The number of rotatable bonds is 8. The minimum atomic E-state index is 0.672. The van der Waals surface area contributed by atoms with Gasteiger partial charge in [0.1, 0.15) is 18.2 Å². The first-order valence-electron chi connectivity index (χ1n) is 10.6. The maximum atomic E-state index is 9.93. The van der Waals surface area contributed by atoms with E-state index >= 15 is 0 Å². The van der Waals surface area contributed by atoms with Crippen LogP contribution in [0.2, 0.25) is 0 Å². The number of aromatic nitrogens is 4. The molecule has 0 amide bonds. The summed E-state index contributed by atoms with van der Waals surface area (Å²) >= 11 is 0. The monoisotopic (exact) mass is 385 g/mol. The molecule has 0 unspecified atom stereocenters. The van der Waals surface area contributed by atoms with Crippen LogP contribution in [0.25, 0.3) is 22.5 Å². The molecule has 29 heavy (non-hydrogen) atoms. The Morgan fingerprint density at radius 3 is 2.62 bits per heavy atom. The Kier molecular flexibility index (Phi) is 5.62. The maximum Gasteiger partial charge on any atom is 0.157 e. The first kappa shape index (κ1) is 19.2. The van der Waals surface area contributed by atoms with E-state index in [1.54, 1.807) is 6.20 Å². The molecule has 4 aromatic rings. The molecule has 0 atom stereocenters. The fraction of sp³-hybridized carbons (Fsp3) is 0.375. The van der Waals surface area contributed by atoms with Crippen molar-refractivity contribution in [3.63, 3.8) is 0 Å². The fourth-order valence-electron chi connectivity index (χ4n) is 4.20. The zero-order valence-corrected chi connectivity index (χ0v) is 17.2. The van der Waals surface area contributed by atoms with Gasteiger partial charge in [0, 0.05) is 12.4 Å². The summed E-state index contributed by atoms with van der Waals surface area (Å²) in [6, 6.07) is 10.5. The molecule has 148 valence electrons. The molecular formula is C24H27N5. The molecule has 0 saturated heterocycles. The molecule has 0 aliphatic heterocycles. The molecule has 0 saturated carbocycles. The van der Waals surface area contributed by atoms with Crippen LogP contribution in [0.15, 0.2) is 43.0 Å². The molecule has 0 aliphatic rings. The van der Waals surface area contributed by atoms with Crippen LogP contribution in [-0.4, -0.2) is 18.9 Å². The van der Waals surface area contributed by atoms with Gasteiger partial charge in [-0.15, -0.1) is 0 Å². The largest absolute Gasteiger partial charge is 0.291 e. The molecule has 1 aromatic carbocycles. The van der Waals surface area contributed by atoms with Gasteiger partial charge in [-0.25, -0.2) is 9.97 Å². The summed E-state index contributed by atoms with van der Waals surface area (Å²) in [7, 11) is 0. The molecule has 0 aliphatic carbocycles. The van der Waals surface area contributed by atoms with E-state index in [1.165, 1.54) is 37.7 Å². The lowest BCUT2D eigenvalue weighted by Crippen LogP contribution is -2.10. The molecule has 3 heterocycles. The highest BCUT2D eigenvalue weighted by Crippen LogP contribution is 2.31. The summed E-state index contributed by atoms with van der Waals surface area (Å²) in [5.74, 6) is 1.05. The van der Waals surface area contributed by atoms with Gasteiger partial charge in [-0.2, -0.15) is 5.26 Å². The lowest BCUT2D eigenvalue weighted by Gasteiger charge is -2.18. The van der Waals surface area contributed by atoms with Crippen LogP contribution in [0.1, 0.15) is 62.1 Å². The minimum absolute atomic E-state index is 0.672. The number of pyridine rings is 1. The fourth-order valence-corrected chi connectivity index (χ4v) is 4.20. The second kappa shape index (κ2) is 8.48. The van der Waals surface area contributed by atoms with Crippen molar-refractivity contribution in [3.8, 4) is 11.9 Å². The molecule has 3 aromatic heterocycles. The number of nitriles is 1. The van der Waals surface area contributed by atoms with Crippen LogP contribution >= 0.6 is 0 Å². The Balaban J connectivity index is 1.87. The highest BCUT2D eigenvalue weighted by Gasteiger charge is 2.21. The van der Waals surface area contributed by atoms with Crippen LogP contribution in [0, 0.1) is 18.3 Å². The second-order valence-electron chi connectivity index (χ2n) is 7.66. The van der Waals surface area contributed by atoms with Gasteiger partial charge in [0.2, 0.25) is 0 Å². The average Bonchev–Trinajstić information content (AvgIpc) is 3.39. The summed E-state index contributed by atoms with van der Waals surface area (Å²) in [6.45, 7) is 4.31. The van der Waals surface area contributed by atoms with Gasteiger partial charge >= 0.3 is 0 Å². The highest BCUT2D eigenvalue weighted by atomic mass is 15.2. The predicted octanol–water partition coefficient (Wildman–Crippen LogP) is 5.76. The zero-order chi connectivity index (χ0) is 20.2. The lowest BCUT2D eigenvalue weighted by molar-refractivity contribution is 0.605. The van der Waals surface area contributed by atoms with E-state index in [9.17, 15) is 5.26 Å². The van der Waals surface area contributed by atoms with Crippen LogP contribution in [0.4, 0.5) is 0 Å². The third kappa shape index (κ3) is 3.51. The quantitative estimate of drug-likeness (QED) is 0.363. The Bertz CT molecular complexity index is 1160. The summed E-state index contributed by atoms with van der Waals surface area (Å²) in [5.41, 5.74) is 5.57. The molecule has 0 spiro atoms. The topological polar surface area (TPSA) is 58.9 Å². The first-order valence-corrected chi connectivity index (χ1v) is 10.6. The normalized spacial score (nSPS) is 11.3. The summed E-state index contributed by atoms with van der Waals surface area (Å²) in [5, 5.41) is 9.93.